The van der Waals surface area contributed by atoms with Crippen LogP contribution in [-0.2, 0) is 14.3 Å². The minimum absolute atomic E-state index is 0.144. The van der Waals surface area contributed by atoms with Crippen LogP contribution in [0.25, 0.3) is 0 Å². The van der Waals surface area contributed by atoms with Crippen LogP contribution in [0.15, 0.2) is 0 Å². The highest BCUT2D eigenvalue weighted by Crippen LogP contribution is 2.20. The Labute approximate surface area is 133 Å². The lowest BCUT2D eigenvalue weighted by Crippen LogP contribution is -2.47. The third kappa shape index (κ3) is 7.11. The summed E-state index contributed by atoms with van der Waals surface area (Å²) in [5, 5.41) is 6.21. The molecule has 0 aliphatic heterocycles. The number of esters is 1. The van der Waals surface area contributed by atoms with Gasteiger partial charge < -0.3 is 20.1 Å². The molecule has 6 heteroatoms. The molecule has 0 aromatic rings. The topological polar surface area (TPSA) is 76.7 Å². The van der Waals surface area contributed by atoms with E-state index in [2.05, 4.69) is 10.6 Å². The van der Waals surface area contributed by atoms with E-state index in [9.17, 15) is 9.59 Å². The largest absolute Gasteiger partial charge is 0.465 e. The Kier molecular flexibility index (Phi) is 7.13. The predicted octanol–water partition coefficient (Wildman–Crippen LogP) is 2.36. The second kappa shape index (κ2) is 8.36. The van der Waals surface area contributed by atoms with Crippen LogP contribution in [0.3, 0.4) is 0 Å². The van der Waals surface area contributed by atoms with Gasteiger partial charge in [-0.05, 0) is 60.3 Å². The van der Waals surface area contributed by atoms with Gasteiger partial charge in [0.1, 0.15) is 11.6 Å². The van der Waals surface area contributed by atoms with Crippen molar-refractivity contribution < 1.29 is 19.1 Å². The number of ether oxygens (including phenoxy) is 2. The first kappa shape index (κ1) is 18.7. The number of nitrogens with one attached hydrogen (secondary N) is 2. The van der Waals surface area contributed by atoms with E-state index in [1.54, 1.807) is 6.92 Å². The fourth-order valence-electron chi connectivity index (χ4n) is 2.57. The number of carbonyl (C=O) groups is 2. The van der Waals surface area contributed by atoms with Gasteiger partial charge in [0.25, 0.3) is 0 Å². The Morgan fingerprint density at radius 3 is 2.18 bits per heavy atom. The van der Waals surface area contributed by atoms with Crippen molar-refractivity contribution in [3.05, 3.63) is 0 Å². The second-order valence-electron chi connectivity index (χ2n) is 6.84. The molecule has 0 saturated heterocycles. The van der Waals surface area contributed by atoms with Crippen molar-refractivity contribution in [2.24, 2.45) is 0 Å². The van der Waals surface area contributed by atoms with Gasteiger partial charge in [-0.15, -0.1) is 0 Å². The van der Waals surface area contributed by atoms with Crippen LogP contribution in [-0.4, -0.2) is 42.4 Å². The Morgan fingerprint density at radius 2 is 1.68 bits per heavy atom. The van der Waals surface area contributed by atoms with Crippen molar-refractivity contribution >= 4 is 12.1 Å². The summed E-state index contributed by atoms with van der Waals surface area (Å²) in [6, 6.07) is 0.141. The van der Waals surface area contributed by atoms with Crippen LogP contribution in [0.1, 0.15) is 60.3 Å². The molecule has 1 unspecified atom stereocenters. The number of hydrogen-bond acceptors (Lipinski definition) is 5. The number of amides is 1. The van der Waals surface area contributed by atoms with Gasteiger partial charge >= 0.3 is 12.1 Å². The van der Waals surface area contributed by atoms with Gasteiger partial charge in [0.05, 0.1) is 6.61 Å². The first-order valence-electron chi connectivity index (χ1n) is 8.13. The Hall–Kier alpha value is -1.30. The molecule has 1 atom stereocenters. The van der Waals surface area contributed by atoms with Crippen LogP contribution in [0.2, 0.25) is 0 Å². The summed E-state index contributed by atoms with van der Waals surface area (Å²) in [6.45, 7) is 9.58. The van der Waals surface area contributed by atoms with Crippen molar-refractivity contribution in [1.29, 1.82) is 0 Å². The summed E-state index contributed by atoms with van der Waals surface area (Å²) in [6.07, 6.45) is 3.25. The maximum Gasteiger partial charge on any atom is 0.407 e. The summed E-state index contributed by atoms with van der Waals surface area (Å²) in [4.78, 5) is 23.3. The number of alkyl carbamates (subject to hydrolysis) is 1. The van der Waals surface area contributed by atoms with E-state index in [0.717, 1.165) is 25.7 Å². The molecule has 0 spiro atoms. The fraction of sp³-hybridized carbons (Fsp3) is 0.875. The van der Waals surface area contributed by atoms with Crippen molar-refractivity contribution in [3.63, 3.8) is 0 Å². The third-order valence-corrected chi connectivity index (χ3v) is 3.57. The first-order valence-corrected chi connectivity index (χ1v) is 8.13. The van der Waals surface area contributed by atoms with Crippen molar-refractivity contribution in [1.82, 2.24) is 10.6 Å². The molecule has 0 bridgehead atoms. The zero-order valence-electron chi connectivity index (χ0n) is 14.4. The summed E-state index contributed by atoms with van der Waals surface area (Å²) >= 11 is 0. The molecular weight excluding hydrogens is 284 g/mol. The quantitative estimate of drug-likeness (QED) is 0.762. The Bertz CT molecular complexity index is 371. The molecule has 1 aliphatic rings. The van der Waals surface area contributed by atoms with E-state index >= 15 is 0 Å². The van der Waals surface area contributed by atoms with Crippen LogP contribution in [0, 0.1) is 0 Å². The summed E-state index contributed by atoms with van der Waals surface area (Å²) in [7, 11) is 0. The fourth-order valence-corrected chi connectivity index (χ4v) is 2.57. The monoisotopic (exact) mass is 314 g/mol. The molecule has 6 nitrogen and oxygen atoms in total. The Morgan fingerprint density at radius 1 is 1.14 bits per heavy atom. The molecule has 0 radical (unpaired) electrons. The van der Waals surface area contributed by atoms with E-state index < -0.39 is 5.60 Å². The van der Waals surface area contributed by atoms with Gasteiger partial charge in [-0.2, -0.15) is 0 Å². The standard InChI is InChI=1S/C16H30N2O4/c1-6-21-14(19)11(2)17-12-7-9-13(10-8-12)18-15(20)22-16(3,4)5/h11-13,17H,6-10H2,1-5H3,(H,18,20). The first-order chi connectivity index (χ1) is 10.2. The summed E-state index contributed by atoms with van der Waals surface area (Å²) < 4.78 is 10.3. The van der Waals surface area contributed by atoms with E-state index in [4.69, 9.17) is 9.47 Å². The van der Waals surface area contributed by atoms with E-state index in [-0.39, 0.29) is 30.2 Å². The number of rotatable bonds is 5. The molecule has 1 amide bonds. The Balaban J connectivity index is 2.28. The second-order valence-corrected chi connectivity index (χ2v) is 6.84. The van der Waals surface area contributed by atoms with Gasteiger partial charge in [0.15, 0.2) is 0 Å². The van der Waals surface area contributed by atoms with Gasteiger partial charge in [0, 0.05) is 12.1 Å². The molecule has 22 heavy (non-hydrogen) atoms. The van der Waals surface area contributed by atoms with Gasteiger partial charge in [-0.1, -0.05) is 0 Å². The summed E-state index contributed by atoms with van der Waals surface area (Å²) in [5.74, 6) is -0.212. The van der Waals surface area contributed by atoms with E-state index in [1.165, 1.54) is 0 Å². The zero-order chi connectivity index (χ0) is 16.8. The van der Waals surface area contributed by atoms with Crippen molar-refractivity contribution in [2.75, 3.05) is 6.61 Å². The molecule has 1 saturated carbocycles. The minimum atomic E-state index is -0.474. The number of carbonyl (C=O) groups excluding carboxylic acids is 2. The molecule has 0 heterocycles. The molecule has 1 aliphatic carbocycles. The smallest absolute Gasteiger partial charge is 0.407 e. The minimum Gasteiger partial charge on any atom is -0.465 e. The summed E-state index contributed by atoms with van der Waals surface area (Å²) in [5.41, 5.74) is -0.474. The highest BCUT2D eigenvalue weighted by molar-refractivity contribution is 5.75. The van der Waals surface area contributed by atoms with Crippen LogP contribution in [0.5, 0.6) is 0 Å². The zero-order valence-corrected chi connectivity index (χ0v) is 14.4. The normalized spacial score (nSPS) is 23.5. The van der Waals surface area contributed by atoms with Crippen LogP contribution >= 0.6 is 0 Å². The number of hydrogen-bond donors (Lipinski definition) is 2. The third-order valence-electron chi connectivity index (χ3n) is 3.57. The molecule has 0 aromatic heterocycles. The van der Waals surface area contributed by atoms with Gasteiger partial charge in [-0.25, -0.2) is 4.79 Å². The molecular formula is C16H30N2O4. The highest BCUT2D eigenvalue weighted by Gasteiger charge is 2.26. The maximum absolute atomic E-state index is 11.7. The van der Waals surface area contributed by atoms with Crippen molar-refractivity contribution in [2.45, 2.75) is 84.0 Å². The van der Waals surface area contributed by atoms with Crippen LogP contribution < -0.4 is 10.6 Å². The van der Waals surface area contributed by atoms with E-state index in [0.29, 0.717) is 6.61 Å². The maximum atomic E-state index is 11.7. The SMILES string of the molecule is CCOC(=O)C(C)NC1CCC(NC(=O)OC(C)(C)C)CC1. The molecule has 1 fully saturated rings. The lowest BCUT2D eigenvalue weighted by Gasteiger charge is -2.31. The van der Waals surface area contributed by atoms with E-state index in [1.807, 2.05) is 27.7 Å². The lowest BCUT2D eigenvalue weighted by molar-refractivity contribution is -0.145. The highest BCUT2D eigenvalue weighted by atomic mass is 16.6. The van der Waals surface area contributed by atoms with Gasteiger partial charge in [0.2, 0.25) is 0 Å². The predicted molar refractivity (Wildman–Crippen MR) is 84.6 cm³/mol. The molecule has 0 aromatic carbocycles. The van der Waals surface area contributed by atoms with Gasteiger partial charge in [-0.3, -0.25) is 4.79 Å². The molecule has 128 valence electrons. The lowest BCUT2D eigenvalue weighted by atomic mass is 9.91. The van der Waals surface area contributed by atoms with Crippen LogP contribution in [0.4, 0.5) is 4.79 Å². The molecule has 2 N–H and O–H groups in total. The average molecular weight is 314 g/mol. The molecule has 1 rings (SSSR count). The van der Waals surface area contributed by atoms with Crippen molar-refractivity contribution in [3.8, 4) is 0 Å². The average Bonchev–Trinajstić information content (AvgIpc) is 2.39.